The first-order valence-corrected chi connectivity index (χ1v) is 5.98. The zero-order valence-corrected chi connectivity index (χ0v) is 10.0. The molecule has 0 bridgehead atoms. The van der Waals surface area contributed by atoms with Gasteiger partial charge in [-0.15, -0.1) is 0 Å². The maximum Gasteiger partial charge on any atom is 0.233 e. The molecule has 94 valence electrons. The van der Waals surface area contributed by atoms with Gasteiger partial charge in [-0.25, -0.2) is 0 Å². The fraction of sp³-hybridized carbons (Fsp3) is 0.286. The maximum absolute atomic E-state index is 11.2. The third-order valence-corrected chi connectivity index (χ3v) is 3.17. The lowest BCUT2D eigenvalue weighted by molar-refractivity contribution is -0.431. The van der Waals surface area contributed by atoms with Crippen molar-refractivity contribution in [2.45, 2.75) is 25.3 Å². The summed E-state index contributed by atoms with van der Waals surface area (Å²) in [7, 11) is 0. The van der Waals surface area contributed by atoms with Gasteiger partial charge in [0.05, 0.1) is 5.56 Å². The lowest BCUT2D eigenvalue weighted by Gasteiger charge is -2.17. The van der Waals surface area contributed by atoms with Crippen molar-refractivity contribution in [2.75, 3.05) is 0 Å². The third kappa shape index (κ3) is 2.33. The van der Waals surface area contributed by atoms with Gasteiger partial charge in [0.2, 0.25) is 10.9 Å². The molecular weight excluding hydrogens is 230 g/mol. The van der Waals surface area contributed by atoms with Crippen molar-refractivity contribution in [3.05, 3.63) is 61.9 Å². The van der Waals surface area contributed by atoms with Crippen molar-refractivity contribution in [1.82, 2.24) is 0 Å². The summed E-state index contributed by atoms with van der Waals surface area (Å²) < 4.78 is 0. The third-order valence-electron chi connectivity index (χ3n) is 3.17. The van der Waals surface area contributed by atoms with E-state index in [0.717, 1.165) is 12.8 Å². The Hall–Kier alpha value is -1.94. The highest BCUT2D eigenvalue weighted by atomic mass is 16.3. The van der Waals surface area contributed by atoms with Crippen molar-refractivity contribution in [1.29, 1.82) is 0 Å². The first-order chi connectivity index (χ1) is 8.61. The molecule has 2 rings (SSSR count). The Morgan fingerprint density at radius 2 is 1.78 bits per heavy atom. The summed E-state index contributed by atoms with van der Waals surface area (Å²) >= 11 is 0. The minimum absolute atomic E-state index is 0.0908. The molecule has 1 atom stereocenters. The Kier molecular flexibility index (Phi) is 3.58. The number of hydrogen-bond acceptors (Lipinski definition) is 3. The molecule has 0 heterocycles. The van der Waals surface area contributed by atoms with Gasteiger partial charge in [-0.3, -0.25) is 9.59 Å². The number of rotatable bonds is 5. The summed E-state index contributed by atoms with van der Waals surface area (Å²) in [5.41, 5.74) is 3.58. The highest BCUT2D eigenvalue weighted by Crippen LogP contribution is 2.18. The molecule has 0 aliphatic rings. The van der Waals surface area contributed by atoms with Crippen LogP contribution in [0.2, 0.25) is 0 Å². The van der Waals surface area contributed by atoms with Crippen molar-refractivity contribution < 1.29 is 10.8 Å². The van der Waals surface area contributed by atoms with E-state index >= 15 is 0 Å². The zero-order valence-electron chi connectivity index (χ0n) is 10.0. The normalized spacial score (nSPS) is 12.7. The largest absolute Gasteiger partial charge is 0.869 e. The van der Waals surface area contributed by atoms with Crippen molar-refractivity contribution in [3.8, 4) is 5.75 Å². The topological polar surface area (TPSA) is 84.8 Å². The Labute approximate surface area is 104 Å². The molecule has 0 spiro atoms. The van der Waals surface area contributed by atoms with Gasteiger partial charge in [0.15, 0.2) is 0 Å². The van der Waals surface area contributed by atoms with E-state index < -0.39 is 16.6 Å². The molecule has 3 N–H and O–H groups in total. The highest BCUT2D eigenvalue weighted by Gasteiger charge is 2.21. The molecule has 0 fully saturated rings. The predicted octanol–water partition coefficient (Wildman–Crippen LogP) is -0.338. The van der Waals surface area contributed by atoms with Crippen LogP contribution in [-0.4, -0.2) is 0 Å². The monoisotopic (exact) mass is 245 g/mol. The van der Waals surface area contributed by atoms with E-state index in [1.165, 1.54) is 5.56 Å². The summed E-state index contributed by atoms with van der Waals surface area (Å²) in [6.45, 7) is 0. The van der Waals surface area contributed by atoms with Crippen molar-refractivity contribution in [2.24, 2.45) is 0 Å². The molecule has 0 aromatic heterocycles. The molecule has 0 radical (unpaired) electrons. The molecule has 2 aromatic rings. The Morgan fingerprint density at radius 3 is 2.39 bits per heavy atom. The van der Waals surface area contributed by atoms with E-state index in [1.807, 2.05) is 30.3 Å². The van der Waals surface area contributed by atoms with Crippen molar-refractivity contribution >= 4 is 0 Å². The standard InChI is InChI=1S/C14H15NO3/c15-10(11-12(16)14(18)13(11)17)8-4-7-9-5-2-1-3-6-9/h1-3,5-6,10,16H,4,7-8,15H2. The molecule has 0 aliphatic carbocycles. The van der Waals surface area contributed by atoms with Crippen LogP contribution < -0.4 is 21.7 Å². The van der Waals surface area contributed by atoms with Gasteiger partial charge >= 0.3 is 0 Å². The van der Waals surface area contributed by atoms with Crippen LogP contribution >= 0.6 is 0 Å². The fourth-order valence-electron chi connectivity index (χ4n) is 2.10. The Balaban J connectivity index is 1.88. The van der Waals surface area contributed by atoms with Gasteiger partial charge in [0.25, 0.3) is 0 Å². The van der Waals surface area contributed by atoms with Crippen LogP contribution in [0, 0.1) is 0 Å². The second-order valence-corrected chi connectivity index (χ2v) is 4.48. The molecule has 18 heavy (non-hydrogen) atoms. The second kappa shape index (κ2) is 5.14. The van der Waals surface area contributed by atoms with E-state index in [9.17, 15) is 14.7 Å². The second-order valence-electron chi connectivity index (χ2n) is 4.48. The van der Waals surface area contributed by atoms with E-state index in [0.29, 0.717) is 6.42 Å². The summed E-state index contributed by atoms with van der Waals surface area (Å²) in [4.78, 5) is 22.0. The highest BCUT2D eigenvalue weighted by molar-refractivity contribution is 5.38. The average molecular weight is 245 g/mol. The van der Waals surface area contributed by atoms with E-state index in [2.05, 4.69) is 5.73 Å². The van der Waals surface area contributed by atoms with Crippen LogP contribution in [0.15, 0.2) is 39.9 Å². The first-order valence-electron chi connectivity index (χ1n) is 5.98. The lowest BCUT2D eigenvalue weighted by atomic mass is 9.96. The van der Waals surface area contributed by atoms with Gasteiger partial charge in [-0.1, -0.05) is 30.3 Å². The summed E-state index contributed by atoms with van der Waals surface area (Å²) in [5.74, 6) is -0.639. The molecule has 0 amide bonds. The van der Waals surface area contributed by atoms with Crippen LogP contribution in [0.5, 0.6) is 5.75 Å². The minimum Gasteiger partial charge on any atom is -0.869 e. The average Bonchev–Trinajstić information content (AvgIpc) is 2.40. The van der Waals surface area contributed by atoms with Crippen molar-refractivity contribution in [3.63, 3.8) is 0 Å². The number of aryl methyl sites for hydroxylation is 1. The molecule has 1 unspecified atom stereocenters. The van der Waals surface area contributed by atoms with Crippen LogP contribution in [0.1, 0.15) is 30.0 Å². The summed E-state index contributed by atoms with van der Waals surface area (Å²) in [5, 5.41) is 11.2. The van der Waals surface area contributed by atoms with Gasteiger partial charge in [-0.05, 0) is 24.2 Å². The minimum atomic E-state index is -0.887. The van der Waals surface area contributed by atoms with Gasteiger partial charge in [0.1, 0.15) is 6.04 Å². The Bertz CT molecular complexity index is 597. The van der Waals surface area contributed by atoms with Gasteiger partial charge in [0, 0.05) is 6.42 Å². The Morgan fingerprint density at radius 1 is 1.11 bits per heavy atom. The van der Waals surface area contributed by atoms with Crippen LogP contribution in [-0.2, 0) is 6.42 Å². The van der Waals surface area contributed by atoms with E-state index in [4.69, 9.17) is 0 Å². The quantitative estimate of drug-likeness (QED) is 0.731. The van der Waals surface area contributed by atoms with Crippen LogP contribution in [0.3, 0.4) is 0 Å². The molecular formula is C14H15NO3. The summed E-state index contributed by atoms with van der Waals surface area (Å²) in [6.07, 6.45) is 2.38. The smallest absolute Gasteiger partial charge is 0.233 e. The molecule has 4 heteroatoms. The van der Waals surface area contributed by atoms with E-state index in [-0.39, 0.29) is 11.6 Å². The SMILES string of the molecule is [NH3+]C(CCCc1ccccc1)c1c([O-])c(=O)c1=O. The molecule has 0 saturated carbocycles. The molecule has 0 aliphatic heterocycles. The number of hydrogen-bond donors (Lipinski definition) is 1. The van der Waals surface area contributed by atoms with Gasteiger partial charge < -0.3 is 10.8 Å². The first kappa shape index (κ1) is 12.5. The molecule has 0 saturated heterocycles. The molecule has 2 aromatic carbocycles. The number of benzene rings is 1. The number of quaternary nitrogens is 1. The van der Waals surface area contributed by atoms with Crippen LogP contribution in [0.25, 0.3) is 0 Å². The zero-order chi connectivity index (χ0) is 13.1. The molecule has 4 nitrogen and oxygen atoms in total. The van der Waals surface area contributed by atoms with Crippen LogP contribution in [0.4, 0.5) is 0 Å². The maximum atomic E-state index is 11.2. The fourth-order valence-corrected chi connectivity index (χ4v) is 2.10. The summed E-state index contributed by atoms with van der Waals surface area (Å²) in [6, 6.07) is 9.63. The van der Waals surface area contributed by atoms with Gasteiger partial charge in [-0.2, -0.15) is 0 Å². The van der Waals surface area contributed by atoms with E-state index in [1.54, 1.807) is 0 Å². The predicted molar refractivity (Wildman–Crippen MR) is 65.8 cm³/mol. The lowest BCUT2D eigenvalue weighted by Crippen LogP contribution is -2.58.